The van der Waals surface area contributed by atoms with Crippen LogP contribution >= 0.6 is 0 Å². The molecule has 1 saturated carbocycles. The maximum atomic E-state index is 12.0. The molecular weight excluding hydrogens is 281 g/mol. The number of halogens is 3. The van der Waals surface area contributed by atoms with E-state index in [2.05, 4.69) is 8.92 Å². The SMILES string of the molecule is COC(=O)C1(OC)CC(OS(=O)(=O)C(F)(F)F)C1. The van der Waals surface area contributed by atoms with Gasteiger partial charge in [0.05, 0.1) is 13.2 Å². The van der Waals surface area contributed by atoms with Gasteiger partial charge in [-0.15, -0.1) is 0 Å². The molecule has 1 aliphatic rings. The molecule has 0 aromatic heterocycles. The molecule has 0 heterocycles. The molecule has 0 amide bonds. The first-order chi connectivity index (χ1) is 8.08. The zero-order valence-electron chi connectivity index (χ0n) is 9.48. The standard InChI is InChI=1S/C8H11F3O6S/c1-15-6(12)7(16-2)3-5(4-7)17-18(13,14)8(9,10)11/h5H,3-4H2,1-2H3. The van der Waals surface area contributed by atoms with Crippen molar-refractivity contribution < 1.29 is 40.0 Å². The van der Waals surface area contributed by atoms with Crippen molar-refractivity contribution in [3.63, 3.8) is 0 Å². The highest BCUT2D eigenvalue weighted by Crippen LogP contribution is 2.41. The molecule has 10 heteroatoms. The third kappa shape index (κ3) is 2.59. The quantitative estimate of drug-likeness (QED) is 0.428. The van der Waals surface area contributed by atoms with Crippen molar-refractivity contribution in [3.8, 4) is 0 Å². The van der Waals surface area contributed by atoms with Gasteiger partial charge in [-0.25, -0.2) is 4.79 Å². The molecule has 1 rings (SSSR count). The van der Waals surface area contributed by atoms with Crippen LogP contribution in [0.25, 0.3) is 0 Å². The smallest absolute Gasteiger partial charge is 0.467 e. The Morgan fingerprint density at radius 1 is 1.28 bits per heavy atom. The van der Waals surface area contributed by atoms with E-state index in [0.29, 0.717) is 0 Å². The summed E-state index contributed by atoms with van der Waals surface area (Å²) in [5.74, 6) is -0.783. The van der Waals surface area contributed by atoms with E-state index in [1.165, 1.54) is 7.11 Å². The van der Waals surface area contributed by atoms with E-state index in [-0.39, 0.29) is 12.8 Å². The van der Waals surface area contributed by atoms with Crippen LogP contribution in [0.5, 0.6) is 0 Å². The molecular formula is C8H11F3O6S. The summed E-state index contributed by atoms with van der Waals surface area (Å²) in [6.45, 7) is 0. The molecule has 106 valence electrons. The first-order valence-corrected chi connectivity index (χ1v) is 6.12. The van der Waals surface area contributed by atoms with Crippen LogP contribution in [0.1, 0.15) is 12.8 Å². The zero-order valence-corrected chi connectivity index (χ0v) is 10.3. The summed E-state index contributed by atoms with van der Waals surface area (Å²) in [5, 5.41) is 0. The van der Waals surface area contributed by atoms with Crippen LogP contribution in [0.3, 0.4) is 0 Å². The summed E-state index contributed by atoms with van der Waals surface area (Å²) < 4.78 is 70.6. The van der Waals surface area contributed by atoms with Crippen molar-refractivity contribution in [2.24, 2.45) is 0 Å². The number of alkyl halides is 3. The molecule has 0 N–H and O–H groups in total. The fourth-order valence-electron chi connectivity index (χ4n) is 1.58. The van der Waals surface area contributed by atoms with Gasteiger partial charge in [0.1, 0.15) is 0 Å². The minimum absolute atomic E-state index is 0.314. The van der Waals surface area contributed by atoms with Crippen LogP contribution in [-0.2, 0) is 28.6 Å². The Hall–Kier alpha value is -0.870. The van der Waals surface area contributed by atoms with E-state index >= 15 is 0 Å². The first-order valence-electron chi connectivity index (χ1n) is 4.71. The Morgan fingerprint density at radius 2 is 1.78 bits per heavy atom. The van der Waals surface area contributed by atoms with E-state index in [1.54, 1.807) is 0 Å². The van der Waals surface area contributed by atoms with Gasteiger partial charge < -0.3 is 9.47 Å². The summed E-state index contributed by atoms with van der Waals surface area (Å²) in [6, 6.07) is 0. The minimum Gasteiger partial charge on any atom is -0.467 e. The Labute approximate surface area is 101 Å². The van der Waals surface area contributed by atoms with Crippen LogP contribution in [0.15, 0.2) is 0 Å². The van der Waals surface area contributed by atoms with Gasteiger partial charge in [0, 0.05) is 20.0 Å². The zero-order chi connectivity index (χ0) is 14.2. The summed E-state index contributed by atoms with van der Waals surface area (Å²) in [7, 11) is -3.40. The molecule has 0 aromatic carbocycles. The number of hydrogen-bond acceptors (Lipinski definition) is 6. The largest absolute Gasteiger partial charge is 0.523 e. The summed E-state index contributed by atoms with van der Waals surface area (Å²) in [5.41, 5.74) is -6.91. The number of ether oxygens (including phenoxy) is 2. The number of methoxy groups -OCH3 is 2. The van der Waals surface area contributed by atoms with Crippen LogP contribution in [-0.4, -0.2) is 45.8 Å². The van der Waals surface area contributed by atoms with Crippen molar-refractivity contribution in [2.75, 3.05) is 14.2 Å². The molecule has 0 saturated heterocycles. The van der Waals surface area contributed by atoms with E-state index in [9.17, 15) is 26.4 Å². The van der Waals surface area contributed by atoms with Gasteiger partial charge in [0.25, 0.3) is 0 Å². The Balaban J connectivity index is 2.66. The molecule has 6 nitrogen and oxygen atoms in total. The molecule has 0 spiro atoms. The third-order valence-corrected chi connectivity index (χ3v) is 3.70. The molecule has 18 heavy (non-hydrogen) atoms. The van der Waals surface area contributed by atoms with Crippen LogP contribution in [0.4, 0.5) is 13.2 Å². The van der Waals surface area contributed by atoms with E-state index in [4.69, 9.17) is 4.74 Å². The Kier molecular flexibility index (Phi) is 3.94. The van der Waals surface area contributed by atoms with Crippen LogP contribution in [0, 0.1) is 0 Å². The molecule has 0 aliphatic heterocycles. The Morgan fingerprint density at radius 3 is 2.11 bits per heavy atom. The molecule has 1 fully saturated rings. The fraction of sp³-hybridized carbons (Fsp3) is 0.875. The lowest BCUT2D eigenvalue weighted by Gasteiger charge is -2.42. The van der Waals surface area contributed by atoms with Crippen LogP contribution in [0.2, 0.25) is 0 Å². The molecule has 0 aromatic rings. The number of esters is 1. The second-order valence-corrected chi connectivity index (χ2v) is 5.28. The van der Waals surface area contributed by atoms with Crippen molar-refractivity contribution in [3.05, 3.63) is 0 Å². The molecule has 0 atom stereocenters. The molecule has 1 aliphatic carbocycles. The normalized spacial score (nSPS) is 28.6. The van der Waals surface area contributed by atoms with Gasteiger partial charge in [0.2, 0.25) is 0 Å². The third-order valence-electron chi connectivity index (χ3n) is 2.61. The van der Waals surface area contributed by atoms with Crippen molar-refractivity contribution >= 4 is 16.1 Å². The topological polar surface area (TPSA) is 78.9 Å². The molecule has 0 unspecified atom stereocenters. The van der Waals surface area contributed by atoms with Crippen molar-refractivity contribution in [2.45, 2.75) is 30.1 Å². The molecule has 0 bridgehead atoms. The second-order valence-electron chi connectivity index (χ2n) is 3.72. The average Bonchev–Trinajstić information content (AvgIpc) is 2.20. The number of carbonyl (C=O) groups is 1. The van der Waals surface area contributed by atoms with Crippen molar-refractivity contribution in [1.82, 2.24) is 0 Å². The number of carbonyl (C=O) groups excluding carboxylic acids is 1. The predicted molar refractivity (Wildman–Crippen MR) is 50.8 cm³/mol. The lowest BCUT2D eigenvalue weighted by Crippen LogP contribution is -2.56. The van der Waals surface area contributed by atoms with Gasteiger partial charge in [0.15, 0.2) is 5.60 Å². The minimum atomic E-state index is -5.66. The summed E-state index contributed by atoms with van der Waals surface area (Å²) in [6.07, 6.45) is -1.88. The van der Waals surface area contributed by atoms with Crippen molar-refractivity contribution in [1.29, 1.82) is 0 Å². The highest BCUT2D eigenvalue weighted by atomic mass is 32.2. The highest BCUT2D eigenvalue weighted by molar-refractivity contribution is 7.87. The fourth-order valence-corrected chi connectivity index (χ4v) is 2.18. The predicted octanol–water partition coefficient (Wildman–Crippen LogP) is 0.573. The molecule has 0 radical (unpaired) electrons. The first kappa shape index (κ1) is 15.2. The summed E-state index contributed by atoms with van der Waals surface area (Å²) >= 11 is 0. The van der Waals surface area contributed by atoms with Gasteiger partial charge in [-0.1, -0.05) is 0 Å². The van der Waals surface area contributed by atoms with Gasteiger partial charge in [-0.2, -0.15) is 21.6 Å². The van der Waals surface area contributed by atoms with E-state index < -0.39 is 33.3 Å². The highest BCUT2D eigenvalue weighted by Gasteiger charge is 2.57. The maximum Gasteiger partial charge on any atom is 0.523 e. The average molecular weight is 292 g/mol. The Bertz CT molecular complexity index is 423. The van der Waals surface area contributed by atoms with Crippen LogP contribution < -0.4 is 0 Å². The summed E-state index contributed by atoms with van der Waals surface area (Å²) in [4.78, 5) is 11.3. The monoisotopic (exact) mass is 292 g/mol. The van der Waals surface area contributed by atoms with Gasteiger partial charge in [-0.3, -0.25) is 4.18 Å². The number of hydrogen-bond donors (Lipinski definition) is 0. The second kappa shape index (κ2) is 4.67. The lowest BCUT2D eigenvalue weighted by molar-refractivity contribution is -0.190. The van der Waals surface area contributed by atoms with Gasteiger partial charge >= 0.3 is 21.6 Å². The lowest BCUT2D eigenvalue weighted by atomic mass is 9.77. The van der Waals surface area contributed by atoms with E-state index in [0.717, 1.165) is 7.11 Å². The van der Waals surface area contributed by atoms with E-state index in [1.807, 2.05) is 0 Å². The number of rotatable bonds is 4. The van der Waals surface area contributed by atoms with Gasteiger partial charge in [-0.05, 0) is 0 Å². The maximum absolute atomic E-state index is 12.0.